The number of hydrogen-bond donors (Lipinski definition) is 1. The minimum absolute atomic E-state index is 0.0446. The van der Waals surface area contributed by atoms with Gasteiger partial charge >= 0.3 is 0 Å². The summed E-state index contributed by atoms with van der Waals surface area (Å²) in [4.78, 5) is 40.2. The van der Waals surface area contributed by atoms with Crippen LogP contribution in [0.15, 0.2) is 48.5 Å². The molecule has 1 aliphatic heterocycles. The normalized spacial score (nSPS) is 13.9. The van der Waals surface area contributed by atoms with E-state index in [0.717, 1.165) is 11.8 Å². The van der Waals surface area contributed by atoms with Crippen molar-refractivity contribution in [2.75, 3.05) is 37.6 Å². The molecule has 0 bridgehead atoms. The van der Waals surface area contributed by atoms with Crippen molar-refractivity contribution in [2.45, 2.75) is 6.92 Å². The summed E-state index contributed by atoms with van der Waals surface area (Å²) in [5, 5.41) is 2.33. The topological polar surface area (TPSA) is 69.7 Å². The Morgan fingerprint density at radius 1 is 1.00 bits per heavy atom. The molecule has 2 amide bonds. The highest BCUT2D eigenvalue weighted by molar-refractivity contribution is 6.43. The van der Waals surface area contributed by atoms with Crippen LogP contribution in [0.5, 0.6) is 0 Å². The van der Waals surface area contributed by atoms with Gasteiger partial charge in [-0.15, -0.1) is 0 Å². The molecule has 28 heavy (non-hydrogen) atoms. The lowest BCUT2D eigenvalue weighted by atomic mass is 10.1. The summed E-state index contributed by atoms with van der Waals surface area (Å²) in [5.74, 6) is -2.62. The van der Waals surface area contributed by atoms with Crippen LogP contribution in [0.25, 0.3) is 0 Å². The van der Waals surface area contributed by atoms with Crippen molar-refractivity contribution in [3.63, 3.8) is 0 Å². The van der Waals surface area contributed by atoms with Gasteiger partial charge in [-0.05, 0) is 30.7 Å². The lowest BCUT2D eigenvalue weighted by molar-refractivity contribution is -0.132. The molecule has 2 aromatic rings. The molecule has 6 nitrogen and oxygen atoms in total. The fourth-order valence-corrected chi connectivity index (χ4v) is 3.22. The quantitative estimate of drug-likeness (QED) is 0.631. The van der Waals surface area contributed by atoms with E-state index in [1.54, 1.807) is 4.90 Å². The second kappa shape index (κ2) is 8.65. The molecule has 1 saturated heterocycles. The number of para-hydroxylation sites is 1. The second-order valence-electron chi connectivity index (χ2n) is 6.68. The SMILES string of the molecule is Cc1ccccc1N1CCN(C(=O)CNC(=O)C(=O)c2cccc(F)c2)CC1. The Kier molecular flexibility index (Phi) is 6.03. The van der Waals surface area contributed by atoms with E-state index in [0.29, 0.717) is 26.2 Å². The van der Waals surface area contributed by atoms with E-state index in [2.05, 4.69) is 29.3 Å². The zero-order valence-corrected chi connectivity index (χ0v) is 15.7. The molecule has 0 aromatic heterocycles. The summed E-state index contributed by atoms with van der Waals surface area (Å²) in [6, 6.07) is 13.0. The number of aryl methyl sites for hydroxylation is 1. The number of piperazine rings is 1. The number of carbonyl (C=O) groups excluding carboxylic acids is 3. The molecular weight excluding hydrogens is 361 g/mol. The summed E-state index contributed by atoms with van der Waals surface area (Å²) in [5.41, 5.74) is 2.30. The maximum atomic E-state index is 13.2. The molecule has 1 aliphatic rings. The molecule has 2 aromatic carbocycles. The van der Waals surface area contributed by atoms with Crippen molar-refractivity contribution in [1.82, 2.24) is 10.2 Å². The molecule has 0 saturated carbocycles. The van der Waals surface area contributed by atoms with Crippen LogP contribution in [0.3, 0.4) is 0 Å². The third-order valence-electron chi connectivity index (χ3n) is 4.78. The number of benzene rings is 2. The summed E-state index contributed by atoms with van der Waals surface area (Å²) in [7, 11) is 0. The van der Waals surface area contributed by atoms with Crippen molar-refractivity contribution in [3.05, 3.63) is 65.5 Å². The van der Waals surface area contributed by atoms with E-state index in [1.165, 1.54) is 23.8 Å². The number of halogens is 1. The highest BCUT2D eigenvalue weighted by Crippen LogP contribution is 2.20. The van der Waals surface area contributed by atoms with Gasteiger partial charge in [0.1, 0.15) is 5.82 Å². The number of rotatable bonds is 5. The first-order valence-corrected chi connectivity index (χ1v) is 9.12. The van der Waals surface area contributed by atoms with Gasteiger partial charge in [0.15, 0.2) is 0 Å². The van der Waals surface area contributed by atoms with Gasteiger partial charge in [0.05, 0.1) is 6.54 Å². The van der Waals surface area contributed by atoms with E-state index < -0.39 is 17.5 Å². The predicted molar refractivity (Wildman–Crippen MR) is 104 cm³/mol. The van der Waals surface area contributed by atoms with Gasteiger partial charge in [-0.2, -0.15) is 0 Å². The van der Waals surface area contributed by atoms with Crippen molar-refractivity contribution >= 4 is 23.3 Å². The predicted octanol–water partition coefficient (Wildman–Crippen LogP) is 1.78. The van der Waals surface area contributed by atoms with Crippen LogP contribution in [-0.4, -0.2) is 55.2 Å². The number of hydrogen-bond acceptors (Lipinski definition) is 4. The van der Waals surface area contributed by atoms with Gasteiger partial charge < -0.3 is 15.1 Å². The van der Waals surface area contributed by atoms with Crippen LogP contribution >= 0.6 is 0 Å². The average Bonchev–Trinajstić information content (AvgIpc) is 2.71. The number of carbonyl (C=O) groups is 3. The number of nitrogens with zero attached hydrogens (tertiary/aromatic N) is 2. The Morgan fingerprint density at radius 2 is 1.71 bits per heavy atom. The van der Waals surface area contributed by atoms with E-state index in [-0.39, 0.29) is 18.0 Å². The number of ketones is 1. The van der Waals surface area contributed by atoms with E-state index in [4.69, 9.17) is 0 Å². The highest BCUT2D eigenvalue weighted by atomic mass is 19.1. The Bertz CT molecular complexity index is 892. The van der Waals surface area contributed by atoms with Crippen molar-refractivity contribution in [3.8, 4) is 0 Å². The van der Waals surface area contributed by atoms with Gasteiger partial charge in [-0.3, -0.25) is 14.4 Å². The monoisotopic (exact) mass is 383 g/mol. The molecule has 0 unspecified atom stereocenters. The Hall–Kier alpha value is -3.22. The first kappa shape index (κ1) is 19.5. The van der Waals surface area contributed by atoms with Crippen LogP contribution < -0.4 is 10.2 Å². The Morgan fingerprint density at radius 3 is 2.39 bits per heavy atom. The maximum Gasteiger partial charge on any atom is 0.292 e. The molecule has 0 aliphatic carbocycles. The van der Waals surface area contributed by atoms with E-state index in [1.807, 2.05) is 12.1 Å². The van der Waals surface area contributed by atoms with Gasteiger partial charge in [0.25, 0.3) is 5.91 Å². The molecule has 7 heteroatoms. The van der Waals surface area contributed by atoms with Crippen LogP contribution in [-0.2, 0) is 9.59 Å². The summed E-state index contributed by atoms with van der Waals surface area (Å²) in [6.07, 6.45) is 0. The molecule has 0 atom stereocenters. The Labute approximate surface area is 162 Å². The van der Waals surface area contributed by atoms with Crippen LogP contribution in [0, 0.1) is 12.7 Å². The van der Waals surface area contributed by atoms with Crippen LogP contribution in [0.2, 0.25) is 0 Å². The summed E-state index contributed by atoms with van der Waals surface area (Å²) in [6.45, 7) is 4.28. The zero-order valence-electron chi connectivity index (χ0n) is 15.7. The van der Waals surface area contributed by atoms with Gasteiger partial charge in [0.2, 0.25) is 11.7 Å². The first-order valence-electron chi connectivity index (χ1n) is 9.12. The lowest BCUT2D eigenvalue weighted by Crippen LogP contribution is -2.51. The van der Waals surface area contributed by atoms with Gasteiger partial charge in [-0.25, -0.2) is 4.39 Å². The molecule has 146 valence electrons. The lowest BCUT2D eigenvalue weighted by Gasteiger charge is -2.36. The summed E-state index contributed by atoms with van der Waals surface area (Å²) >= 11 is 0. The van der Waals surface area contributed by atoms with Gasteiger partial charge in [0, 0.05) is 37.4 Å². The number of anilines is 1. The zero-order chi connectivity index (χ0) is 20.1. The van der Waals surface area contributed by atoms with Crippen LogP contribution in [0.1, 0.15) is 15.9 Å². The number of nitrogens with one attached hydrogen (secondary N) is 1. The highest BCUT2D eigenvalue weighted by Gasteiger charge is 2.23. The molecular formula is C21H22FN3O3. The van der Waals surface area contributed by atoms with E-state index in [9.17, 15) is 18.8 Å². The fraction of sp³-hybridized carbons (Fsp3) is 0.286. The molecule has 1 fully saturated rings. The van der Waals surface area contributed by atoms with Gasteiger partial charge in [-0.1, -0.05) is 30.3 Å². The first-order chi connectivity index (χ1) is 13.5. The molecule has 1 N–H and O–H groups in total. The largest absolute Gasteiger partial charge is 0.368 e. The third-order valence-corrected chi connectivity index (χ3v) is 4.78. The van der Waals surface area contributed by atoms with E-state index >= 15 is 0 Å². The average molecular weight is 383 g/mol. The molecule has 0 radical (unpaired) electrons. The number of amides is 2. The molecule has 3 rings (SSSR count). The third kappa shape index (κ3) is 4.54. The molecule has 0 spiro atoms. The van der Waals surface area contributed by atoms with Crippen molar-refractivity contribution < 1.29 is 18.8 Å². The second-order valence-corrected chi connectivity index (χ2v) is 6.68. The van der Waals surface area contributed by atoms with Crippen molar-refractivity contribution in [2.24, 2.45) is 0 Å². The summed E-state index contributed by atoms with van der Waals surface area (Å²) < 4.78 is 13.2. The standard InChI is InChI=1S/C21H22FN3O3/c1-15-5-2-3-8-18(15)24-9-11-25(12-10-24)19(26)14-23-21(28)20(27)16-6-4-7-17(22)13-16/h2-8,13H,9-12,14H2,1H3,(H,23,28). The minimum Gasteiger partial charge on any atom is -0.368 e. The minimum atomic E-state index is -0.919. The number of Topliss-reactive ketones (excluding diaryl/α,β-unsaturated/α-hetero) is 1. The fourth-order valence-electron chi connectivity index (χ4n) is 3.22. The maximum absolute atomic E-state index is 13.2. The van der Waals surface area contributed by atoms with Crippen molar-refractivity contribution in [1.29, 1.82) is 0 Å². The van der Waals surface area contributed by atoms with Crippen LogP contribution in [0.4, 0.5) is 10.1 Å². The Balaban J connectivity index is 1.49. The smallest absolute Gasteiger partial charge is 0.292 e. The molecule has 1 heterocycles.